The SMILES string of the molecule is C=CC(=O)OC12CC3CC(C1)CC(OC(CO)CCO)(C3)C2. The second-order valence-corrected chi connectivity index (χ2v) is 7.39. The number of hydrogen-bond donors (Lipinski definition) is 2. The van der Waals surface area contributed by atoms with Crippen molar-refractivity contribution in [3.05, 3.63) is 12.7 Å². The predicted octanol–water partition coefficient (Wildman–Crippen LogP) is 1.57. The molecular weight excluding hydrogens is 284 g/mol. The Hall–Kier alpha value is -0.910. The van der Waals surface area contributed by atoms with E-state index in [2.05, 4.69) is 6.58 Å². The number of carbonyl (C=O) groups is 1. The molecule has 4 aliphatic rings. The lowest BCUT2D eigenvalue weighted by atomic mass is 9.52. The molecule has 0 aromatic rings. The first-order chi connectivity index (χ1) is 10.5. The zero-order valence-electron chi connectivity index (χ0n) is 13.0. The lowest BCUT2D eigenvalue weighted by Crippen LogP contribution is -2.62. The van der Waals surface area contributed by atoms with Crippen LogP contribution in [0.4, 0.5) is 0 Å². The molecule has 0 saturated heterocycles. The molecule has 4 rings (SSSR count). The highest BCUT2D eigenvalue weighted by Crippen LogP contribution is 2.60. The van der Waals surface area contributed by atoms with Crippen molar-refractivity contribution >= 4 is 5.97 Å². The number of aliphatic hydroxyl groups excluding tert-OH is 2. The van der Waals surface area contributed by atoms with Crippen LogP contribution in [0.1, 0.15) is 44.9 Å². The van der Waals surface area contributed by atoms with Gasteiger partial charge in [-0.05, 0) is 50.4 Å². The van der Waals surface area contributed by atoms with Crippen LogP contribution in [0.25, 0.3) is 0 Å². The van der Waals surface area contributed by atoms with E-state index in [4.69, 9.17) is 14.6 Å². The van der Waals surface area contributed by atoms with E-state index in [9.17, 15) is 9.90 Å². The first-order valence-corrected chi connectivity index (χ1v) is 8.27. The highest BCUT2D eigenvalue weighted by atomic mass is 16.6. The normalized spacial score (nSPS) is 40.5. The maximum atomic E-state index is 11.7. The Bertz CT molecular complexity index is 432. The number of hydrogen-bond acceptors (Lipinski definition) is 5. The predicted molar refractivity (Wildman–Crippen MR) is 80.1 cm³/mol. The molecular formula is C17H26O5. The molecule has 0 aliphatic heterocycles. The summed E-state index contributed by atoms with van der Waals surface area (Å²) >= 11 is 0. The average molecular weight is 310 g/mol. The quantitative estimate of drug-likeness (QED) is 0.551. The van der Waals surface area contributed by atoms with Crippen molar-refractivity contribution in [3.8, 4) is 0 Å². The lowest BCUT2D eigenvalue weighted by molar-refractivity contribution is -0.247. The van der Waals surface area contributed by atoms with Crippen LogP contribution in [0.5, 0.6) is 0 Å². The Morgan fingerprint density at radius 3 is 2.41 bits per heavy atom. The van der Waals surface area contributed by atoms with Crippen LogP contribution in [-0.2, 0) is 14.3 Å². The van der Waals surface area contributed by atoms with Crippen molar-refractivity contribution < 1.29 is 24.5 Å². The average Bonchev–Trinajstić information content (AvgIpc) is 2.44. The van der Waals surface area contributed by atoms with E-state index < -0.39 is 5.60 Å². The van der Waals surface area contributed by atoms with E-state index in [1.165, 1.54) is 12.5 Å². The third kappa shape index (κ3) is 2.94. The number of ether oxygens (including phenoxy) is 2. The van der Waals surface area contributed by atoms with Crippen LogP contribution in [0.2, 0.25) is 0 Å². The molecule has 22 heavy (non-hydrogen) atoms. The summed E-state index contributed by atoms with van der Waals surface area (Å²) in [7, 11) is 0. The van der Waals surface area contributed by atoms with E-state index in [0.717, 1.165) is 25.7 Å². The molecule has 0 spiro atoms. The van der Waals surface area contributed by atoms with Crippen LogP contribution in [0.15, 0.2) is 12.7 Å². The summed E-state index contributed by atoms with van der Waals surface area (Å²) in [6.07, 6.45) is 6.99. The Morgan fingerprint density at radius 1 is 1.23 bits per heavy atom. The summed E-state index contributed by atoms with van der Waals surface area (Å²) in [5, 5.41) is 18.6. The fourth-order valence-corrected chi connectivity index (χ4v) is 5.29. The van der Waals surface area contributed by atoms with Crippen molar-refractivity contribution in [3.63, 3.8) is 0 Å². The van der Waals surface area contributed by atoms with Gasteiger partial charge in [0.1, 0.15) is 5.60 Å². The zero-order chi connectivity index (χ0) is 15.8. The van der Waals surface area contributed by atoms with Crippen molar-refractivity contribution in [1.29, 1.82) is 0 Å². The largest absolute Gasteiger partial charge is 0.456 e. The molecule has 0 amide bonds. The number of rotatable bonds is 7. The van der Waals surface area contributed by atoms with Crippen LogP contribution >= 0.6 is 0 Å². The van der Waals surface area contributed by atoms with Gasteiger partial charge in [-0.2, -0.15) is 0 Å². The van der Waals surface area contributed by atoms with E-state index in [1.807, 2.05) is 0 Å². The molecule has 5 nitrogen and oxygen atoms in total. The first-order valence-electron chi connectivity index (χ1n) is 8.27. The number of esters is 1. The maximum absolute atomic E-state index is 11.7. The molecule has 0 radical (unpaired) electrons. The van der Waals surface area contributed by atoms with Crippen LogP contribution in [-0.4, -0.2) is 46.7 Å². The minimum atomic E-state index is -0.422. The fraction of sp³-hybridized carbons (Fsp3) is 0.824. The molecule has 0 aromatic carbocycles. The Kier molecular flexibility index (Phi) is 4.32. The van der Waals surface area contributed by atoms with E-state index >= 15 is 0 Å². The number of carbonyl (C=O) groups excluding carboxylic acids is 1. The maximum Gasteiger partial charge on any atom is 0.330 e. The van der Waals surface area contributed by atoms with Gasteiger partial charge in [-0.1, -0.05) is 6.58 Å². The summed E-state index contributed by atoms with van der Waals surface area (Å²) < 4.78 is 12.0. The van der Waals surface area contributed by atoms with Gasteiger partial charge in [-0.25, -0.2) is 4.79 Å². The molecule has 4 fully saturated rings. The van der Waals surface area contributed by atoms with Crippen molar-refractivity contribution in [1.82, 2.24) is 0 Å². The topological polar surface area (TPSA) is 76.0 Å². The minimum absolute atomic E-state index is 0.00472. The molecule has 3 atom stereocenters. The third-order valence-corrected chi connectivity index (χ3v) is 5.51. The highest BCUT2D eigenvalue weighted by molar-refractivity contribution is 5.81. The Labute approximate surface area is 131 Å². The molecule has 4 aliphatic carbocycles. The zero-order valence-corrected chi connectivity index (χ0v) is 13.0. The lowest BCUT2D eigenvalue weighted by Gasteiger charge is -2.61. The van der Waals surface area contributed by atoms with Gasteiger partial charge in [-0.15, -0.1) is 0 Å². The van der Waals surface area contributed by atoms with Crippen LogP contribution in [0, 0.1) is 11.8 Å². The minimum Gasteiger partial charge on any atom is -0.456 e. The Morgan fingerprint density at radius 2 is 1.86 bits per heavy atom. The molecule has 124 valence electrons. The van der Waals surface area contributed by atoms with Crippen LogP contribution in [0.3, 0.4) is 0 Å². The van der Waals surface area contributed by atoms with Gasteiger partial charge in [0.2, 0.25) is 0 Å². The van der Waals surface area contributed by atoms with Gasteiger partial charge in [0.05, 0.1) is 18.3 Å². The summed E-state index contributed by atoms with van der Waals surface area (Å²) in [6, 6.07) is 0. The van der Waals surface area contributed by atoms with Gasteiger partial charge in [-0.3, -0.25) is 0 Å². The molecule has 2 N–H and O–H groups in total. The van der Waals surface area contributed by atoms with E-state index in [1.54, 1.807) is 0 Å². The summed E-state index contributed by atoms with van der Waals surface area (Å²) in [6.45, 7) is 3.41. The van der Waals surface area contributed by atoms with Crippen molar-refractivity contribution in [2.24, 2.45) is 11.8 Å². The van der Waals surface area contributed by atoms with Crippen molar-refractivity contribution in [2.75, 3.05) is 13.2 Å². The summed E-state index contributed by atoms with van der Waals surface area (Å²) in [4.78, 5) is 11.7. The van der Waals surface area contributed by atoms with E-state index in [0.29, 0.717) is 24.7 Å². The van der Waals surface area contributed by atoms with Gasteiger partial charge >= 0.3 is 5.97 Å². The first kappa shape index (κ1) is 16.0. The summed E-state index contributed by atoms with van der Waals surface area (Å²) in [5.74, 6) is 0.686. The van der Waals surface area contributed by atoms with Gasteiger partial charge in [0, 0.05) is 19.1 Å². The second-order valence-electron chi connectivity index (χ2n) is 7.39. The monoisotopic (exact) mass is 310 g/mol. The molecule has 0 heterocycles. The van der Waals surface area contributed by atoms with Crippen LogP contribution < -0.4 is 0 Å². The Balaban J connectivity index is 1.78. The molecule has 5 heteroatoms. The second kappa shape index (κ2) is 5.95. The highest BCUT2D eigenvalue weighted by Gasteiger charge is 2.60. The third-order valence-electron chi connectivity index (χ3n) is 5.51. The molecule has 0 aromatic heterocycles. The van der Waals surface area contributed by atoms with Crippen molar-refractivity contribution in [2.45, 2.75) is 62.3 Å². The van der Waals surface area contributed by atoms with Gasteiger partial charge in [0.25, 0.3) is 0 Å². The molecule has 4 saturated carbocycles. The summed E-state index contributed by atoms with van der Waals surface area (Å²) in [5.41, 5.74) is -0.733. The standard InChI is InChI=1S/C17H26O5/c1-2-15(20)22-17-8-12-5-13(9-17)7-16(6-12,11-17)21-14(10-19)3-4-18/h2,12-14,18-19H,1,3-11H2. The molecule has 4 bridgehead atoms. The van der Waals surface area contributed by atoms with E-state index in [-0.39, 0.29) is 30.9 Å². The molecule has 3 unspecified atom stereocenters. The smallest absolute Gasteiger partial charge is 0.330 e. The van der Waals surface area contributed by atoms with Gasteiger partial charge in [0.15, 0.2) is 0 Å². The van der Waals surface area contributed by atoms with Gasteiger partial charge < -0.3 is 19.7 Å². The number of aliphatic hydroxyl groups is 2. The fourth-order valence-electron chi connectivity index (χ4n) is 5.29.